The predicted molar refractivity (Wildman–Crippen MR) is 101 cm³/mol. The van der Waals surface area contributed by atoms with Gasteiger partial charge in [-0.05, 0) is 41.9 Å². The molecule has 0 saturated heterocycles. The van der Waals surface area contributed by atoms with Crippen molar-refractivity contribution in [3.05, 3.63) is 41.7 Å². The van der Waals surface area contributed by atoms with Crippen LogP contribution < -0.4 is 19.5 Å². The first-order valence-electron chi connectivity index (χ1n) is 8.10. The standard InChI is InChI=1S/C17H15ClN4O4S/c1-2-19-27(23,24)11-5-3-10(4-6-11)20-16-12-7-14-15(26-9-25-14)8-13(12)21-17(18)22-16/h3-8,19H,2,9H2,1H3,(H,20,21,22). The SMILES string of the molecule is CCNS(=O)(=O)c1ccc(Nc2nc(Cl)nc3cc4c(cc23)OCO4)cc1. The van der Waals surface area contributed by atoms with E-state index < -0.39 is 10.0 Å². The summed E-state index contributed by atoms with van der Waals surface area (Å²) in [5.41, 5.74) is 1.26. The van der Waals surface area contributed by atoms with Crippen LogP contribution in [0, 0.1) is 0 Å². The van der Waals surface area contributed by atoms with Gasteiger partial charge in [0.15, 0.2) is 11.5 Å². The number of ether oxygens (including phenoxy) is 2. The molecule has 0 aliphatic carbocycles. The van der Waals surface area contributed by atoms with Crippen LogP contribution in [0.5, 0.6) is 11.5 Å². The number of anilines is 2. The Balaban J connectivity index is 1.69. The number of hydrogen-bond acceptors (Lipinski definition) is 7. The summed E-state index contributed by atoms with van der Waals surface area (Å²) >= 11 is 6.04. The minimum absolute atomic E-state index is 0.0789. The van der Waals surface area contributed by atoms with Crippen LogP contribution in [0.4, 0.5) is 11.5 Å². The van der Waals surface area contributed by atoms with Gasteiger partial charge in [-0.25, -0.2) is 18.1 Å². The van der Waals surface area contributed by atoms with Gasteiger partial charge in [-0.2, -0.15) is 4.98 Å². The third-order valence-corrected chi connectivity index (χ3v) is 5.66. The number of sulfonamides is 1. The van der Waals surface area contributed by atoms with E-state index in [0.29, 0.717) is 40.5 Å². The molecular weight excluding hydrogens is 392 g/mol. The maximum absolute atomic E-state index is 12.0. The highest BCUT2D eigenvalue weighted by Gasteiger charge is 2.18. The number of nitrogens with one attached hydrogen (secondary N) is 2. The molecule has 0 atom stereocenters. The molecular formula is C17H15ClN4O4S. The molecule has 2 aromatic carbocycles. The van der Waals surface area contributed by atoms with Gasteiger partial charge in [0.1, 0.15) is 5.82 Å². The quantitative estimate of drug-likeness (QED) is 0.627. The zero-order chi connectivity index (χ0) is 19.0. The second kappa shape index (κ2) is 6.84. The van der Waals surface area contributed by atoms with Crippen molar-refractivity contribution in [3.63, 3.8) is 0 Å². The predicted octanol–water partition coefficient (Wildman–Crippen LogP) is 3.05. The van der Waals surface area contributed by atoms with Crippen molar-refractivity contribution >= 4 is 44.0 Å². The van der Waals surface area contributed by atoms with Crippen molar-refractivity contribution in [3.8, 4) is 11.5 Å². The zero-order valence-electron chi connectivity index (χ0n) is 14.2. The molecule has 10 heteroatoms. The Hall–Kier alpha value is -2.62. The number of aromatic nitrogens is 2. The van der Waals surface area contributed by atoms with E-state index in [9.17, 15) is 8.42 Å². The number of nitrogens with zero attached hydrogens (tertiary/aromatic N) is 2. The van der Waals surface area contributed by atoms with E-state index in [1.807, 2.05) is 0 Å². The highest BCUT2D eigenvalue weighted by molar-refractivity contribution is 7.89. The molecule has 0 spiro atoms. The maximum atomic E-state index is 12.0. The normalized spacial score (nSPS) is 13.1. The Labute approximate surface area is 160 Å². The molecule has 140 valence electrons. The lowest BCUT2D eigenvalue weighted by Gasteiger charge is -2.11. The molecule has 27 heavy (non-hydrogen) atoms. The van der Waals surface area contributed by atoms with E-state index in [-0.39, 0.29) is 17.0 Å². The fraction of sp³-hybridized carbons (Fsp3) is 0.176. The second-order valence-electron chi connectivity index (χ2n) is 5.71. The van der Waals surface area contributed by atoms with Crippen molar-refractivity contribution in [2.75, 3.05) is 18.7 Å². The molecule has 0 radical (unpaired) electrons. The Morgan fingerprint density at radius 3 is 2.52 bits per heavy atom. The lowest BCUT2D eigenvalue weighted by molar-refractivity contribution is 0.174. The van der Waals surface area contributed by atoms with Gasteiger partial charge in [0.25, 0.3) is 0 Å². The Morgan fingerprint density at radius 2 is 1.81 bits per heavy atom. The number of benzene rings is 2. The highest BCUT2D eigenvalue weighted by atomic mass is 35.5. The van der Waals surface area contributed by atoms with E-state index in [1.165, 1.54) is 12.1 Å². The zero-order valence-corrected chi connectivity index (χ0v) is 15.8. The van der Waals surface area contributed by atoms with Crippen molar-refractivity contribution in [2.24, 2.45) is 0 Å². The van der Waals surface area contributed by atoms with Gasteiger partial charge in [0.05, 0.1) is 10.4 Å². The largest absolute Gasteiger partial charge is 0.454 e. The Morgan fingerprint density at radius 1 is 1.11 bits per heavy atom. The first kappa shape index (κ1) is 17.8. The first-order valence-corrected chi connectivity index (χ1v) is 9.96. The molecule has 0 amide bonds. The van der Waals surface area contributed by atoms with Gasteiger partial charge in [-0.15, -0.1) is 0 Å². The van der Waals surface area contributed by atoms with E-state index >= 15 is 0 Å². The van der Waals surface area contributed by atoms with Gasteiger partial charge in [0.2, 0.25) is 22.1 Å². The third kappa shape index (κ3) is 3.48. The number of hydrogen-bond donors (Lipinski definition) is 2. The monoisotopic (exact) mass is 406 g/mol. The van der Waals surface area contributed by atoms with E-state index in [2.05, 4.69) is 20.0 Å². The summed E-state index contributed by atoms with van der Waals surface area (Å²) in [6.45, 7) is 2.20. The van der Waals surface area contributed by atoms with Crippen LogP contribution in [0.15, 0.2) is 41.3 Å². The molecule has 1 aromatic heterocycles. The van der Waals surface area contributed by atoms with Gasteiger partial charge in [0, 0.05) is 23.7 Å². The van der Waals surface area contributed by atoms with E-state index in [4.69, 9.17) is 21.1 Å². The number of rotatable bonds is 5. The van der Waals surface area contributed by atoms with Gasteiger partial charge in [-0.3, -0.25) is 0 Å². The van der Waals surface area contributed by atoms with Gasteiger partial charge < -0.3 is 14.8 Å². The van der Waals surface area contributed by atoms with Crippen LogP contribution in [0.2, 0.25) is 5.28 Å². The second-order valence-corrected chi connectivity index (χ2v) is 7.82. The maximum Gasteiger partial charge on any atom is 0.240 e. The average Bonchev–Trinajstić information content (AvgIpc) is 3.08. The smallest absolute Gasteiger partial charge is 0.240 e. The minimum Gasteiger partial charge on any atom is -0.454 e. The molecule has 2 N–H and O–H groups in total. The minimum atomic E-state index is -3.50. The molecule has 1 aliphatic heterocycles. The molecule has 0 fully saturated rings. The lowest BCUT2D eigenvalue weighted by Crippen LogP contribution is -2.22. The topological polar surface area (TPSA) is 102 Å². The fourth-order valence-electron chi connectivity index (χ4n) is 2.71. The number of fused-ring (bicyclic) bond motifs is 2. The molecule has 0 saturated carbocycles. The highest BCUT2D eigenvalue weighted by Crippen LogP contribution is 2.38. The van der Waals surface area contributed by atoms with Gasteiger partial charge >= 0.3 is 0 Å². The Kier molecular flexibility index (Phi) is 4.50. The van der Waals surface area contributed by atoms with Crippen LogP contribution in [0.3, 0.4) is 0 Å². The first-order chi connectivity index (χ1) is 13.0. The molecule has 4 rings (SSSR count). The van der Waals surface area contributed by atoms with Crippen LogP contribution in [-0.2, 0) is 10.0 Å². The van der Waals surface area contributed by atoms with E-state index in [1.54, 1.807) is 31.2 Å². The fourth-order valence-corrected chi connectivity index (χ4v) is 3.93. The summed E-state index contributed by atoms with van der Waals surface area (Å²) < 4.78 is 37.3. The average molecular weight is 407 g/mol. The summed E-state index contributed by atoms with van der Waals surface area (Å²) in [4.78, 5) is 8.64. The van der Waals surface area contributed by atoms with Crippen LogP contribution in [-0.4, -0.2) is 31.7 Å². The van der Waals surface area contributed by atoms with Crippen LogP contribution in [0.1, 0.15) is 6.92 Å². The van der Waals surface area contributed by atoms with Crippen molar-refractivity contribution in [1.29, 1.82) is 0 Å². The van der Waals surface area contributed by atoms with Crippen molar-refractivity contribution < 1.29 is 17.9 Å². The molecule has 1 aliphatic rings. The van der Waals surface area contributed by atoms with Crippen LogP contribution in [0.25, 0.3) is 10.9 Å². The summed E-state index contributed by atoms with van der Waals surface area (Å²) in [6.07, 6.45) is 0. The van der Waals surface area contributed by atoms with Crippen LogP contribution >= 0.6 is 11.6 Å². The lowest BCUT2D eigenvalue weighted by atomic mass is 10.2. The Bertz CT molecular complexity index is 1120. The molecule has 2 heterocycles. The molecule has 0 unspecified atom stereocenters. The molecule has 3 aromatic rings. The van der Waals surface area contributed by atoms with Crippen molar-refractivity contribution in [1.82, 2.24) is 14.7 Å². The molecule has 0 bridgehead atoms. The van der Waals surface area contributed by atoms with Gasteiger partial charge in [-0.1, -0.05) is 6.92 Å². The van der Waals surface area contributed by atoms with Crippen molar-refractivity contribution in [2.45, 2.75) is 11.8 Å². The number of halogens is 1. The summed E-state index contributed by atoms with van der Waals surface area (Å²) in [5.74, 6) is 1.68. The third-order valence-electron chi connectivity index (χ3n) is 3.92. The summed E-state index contributed by atoms with van der Waals surface area (Å²) in [5, 5.41) is 3.92. The summed E-state index contributed by atoms with van der Waals surface area (Å²) in [7, 11) is -3.50. The summed E-state index contributed by atoms with van der Waals surface area (Å²) in [6, 6.07) is 9.85. The van der Waals surface area contributed by atoms with E-state index in [0.717, 1.165) is 0 Å². The molecule has 8 nitrogen and oxygen atoms in total.